The van der Waals surface area contributed by atoms with Gasteiger partial charge in [-0.25, -0.2) is 15.0 Å². The summed E-state index contributed by atoms with van der Waals surface area (Å²) in [5, 5.41) is 17.2. The Labute approximate surface area is 170 Å². The van der Waals surface area contributed by atoms with E-state index in [1.807, 2.05) is 43.0 Å². The van der Waals surface area contributed by atoms with Crippen molar-refractivity contribution in [2.45, 2.75) is 49.8 Å². The van der Waals surface area contributed by atoms with Crippen LogP contribution in [0.25, 0.3) is 0 Å². The molecule has 3 aliphatic rings. The van der Waals surface area contributed by atoms with E-state index in [-0.39, 0.29) is 12.1 Å². The summed E-state index contributed by atoms with van der Waals surface area (Å²) in [5.41, 5.74) is 2.28. The number of nitrogens with zero attached hydrogens (tertiary/aromatic N) is 4. The van der Waals surface area contributed by atoms with Gasteiger partial charge in [0, 0.05) is 31.2 Å². The van der Waals surface area contributed by atoms with Crippen LogP contribution in [0.4, 0.5) is 17.5 Å². The average molecular weight is 390 g/mol. The van der Waals surface area contributed by atoms with Gasteiger partial charge in [-0.1, -0.05) is 12.2 Å². The fourth-order valence-corrected chi connectivity index (χ4v) is 4.00. The van der Waals surface area contributed by atoms with E-state index >= 15 is 0 Å². The van der Waals surface area contributed by atoms with E-state index in [4.69, 9.17) is 0 Å². The highest BCUT2D eigenvalue weighted by atomic mass is 16.3. The first-order valence-electron chi connectivity index (χ1n) is 10.3. The molecule has 7 nitrogen and oxygen atoms in total. The third kappa shape index (κ3) is 4.24. The third-order valence-corrected chi connectivity index (χ3v) is 5.81. The number of hydrogen-bond acceptors (Lipinski definition) is 7. The minimum atomic E-state index is -0.441. The monoisotopic (exact) mass is 390 g/mol. The molecule has 0 aromatic carbocycles. The zero-order valence-corrected chi connectivity index (χ0v) is 16.3. The van der Waals surface area contributed by atoms with Gasteiger partial charge in [0.05, 0.1) is 24.0 Å². The summed E-state index contributed by atoms with van der Waals surface area (Å²) in [7, 11) is 0. The largest absolute Gasteiger partial charge is 0.391 e. The van der Waals surface area contributed by atoms with E-state index in [9.17, 15) is 5.11 Å². The van der Waals surface area contributed by atoms with E-state index in [1.54, 1.807) is 0 Å². The number of allylic oxidation sites excluding steroid dienone is 2. The highest BCUT2D eigenvalue weighted by Gasteiger charge is 2.33. The third-order valence-electron chi connectivity index (χ3n) is 5.81. The van der Waals surface area contributed by atoms with Crippen LogP contribution in [0.3, 0.4) is 0 Å². The molecular formula is C22H26N6O. The first-order valence-corrected chi connectivity index (χ1v) is 10.3. The predicted molar refractivity (Wildman–Crippen MR) is 114 cm³/mol. The highest BCUT2D eigenvalue weighted by Crippen LogP contribution is 2.39. The van der Waals surface area contributed by atoms with E-state index in [1.165, 1.54) is 18.4 Å². The molecule has 0 bridgehead atoms. The van der Waals surface area contributed by atoms with Gasteiger partial charge in [0.1, 0.15) is 5.82 Å². The molecule has 2 saturated carbocycles. The van der Waals surface area contributed by atoms with Gasteiger partial charge >= 0.3 is 0 Å². The molecular weight excluding hydrogens is 364 g/mol. The normalized spacial score (nSPS) is 26.0. The summed E-state index contributed by atoms with van der Waals surface area (Å²) in [6, 6.07) is 4.15. The second-order valence-electron chi connectivity index (χ2n) is 8.07. The van der Waals surface area contributed by atoms with Crippen LogP contribution in [-0.2, 0) is 0 Å². The van der Waals surface area contributed by atoms with E-state index < -0.39 is 6.10 Å². The van der Waals surface area contributed by atoms with Crippen LogP contribution in [-0.4, -0.2) is 44.8 Å². The summed E-state index contributed by atoms with van der Waals surface area (Å²) in [5.74, 6) is 2.06. The molecule has 2 aliphatic carbocycles. The molecule has 2 aromatic heterocycles. The van der Waals surface area contributed by atoms with Crippen molar-refractivity contribution in [3.63, 3.8) is 0 Å². The van der Waals surface area contributed by atoms with Gasteiger partial charge in [0.15, 0.2) is 0 Å². The molecule has 5 rings (SSSR count). The van der Waals surface area contributed by atoms with Crippen LogP contribution >= 0.6 is 0 Å². The van der Waals surface area contributed by atoms with Crippen LogP contribution in [0.1, 0.15) is 37.2 Å². The van der Waals surface area contributed by atoms with E-state index in [0.717, 1.165) is 24.5 Å². The molecule has 1 unspecified atom stereocenters. The van der Waals surface area contributed by atoms with Crippen molar-refractivity contribution < 1.29 is 5.11 Å². The maximum Gasteiger partial charge on any atom is 0.222 e. The van der Waals surface area contributed by atoms with Crippen molar-refractivity contribution in [1.82, 2.24) is 15.0 Å². The minimum absolute atomic E-state index is 0.0659. The molecule has 0 amide bonds. The van der Waals surface area contributed by atoms with E-state index in [2.05, 4.69) is 42.6 Å². The summed E-state index contributed by atoms with van der Waals surface area (Å²) in [6.07, 6.45) is 17.4. The summed E-state index contributed by atoms with van der Waals surface area (Å²) in [4.78, 5) is 15.5. The maximum atomic E-state index is 10.5. The number of anilines is 3. The lowest BCUT2D eigenvalue weighted by molar-refractivity contribution is 0.170. The van der Waals surface area contributed by atoms with Gasteiger partial charge in [0.2, 0.25) is 5.95 Å². The molecule has 7 heteroatoms. The number of rotatable bonds is 6. The molecule has 2 fully saturated rings. The molecule has 2 aromatic rings. The fourth-order valence-electron chi connectivity index (χ4n) is 4.00. The fraction of sp³-hybridized carbons (Fsp3) is 0.409. The summed E-state index contributed by atoms with van der Waals surface area (Å²) in [6.45, 7) is 0.858. The molecule has 0 spiro atoms. The lowest BCUT2D eigenvalue weighted by Crippen LogP contribution is -2.29. The highest BCUT2D eigenvalue weighted by molar-refractivity contribution is 5.53. The van der Waals surface area contributed by atoms with Crippen molar-refractivity contribution in [3.8, 4) is 0 Å². The van der Waals surface area contributed by atoms with Crippen LogP contribution in [0.5, 0.6) is 0 Å². The quantitative estimate of drug-likeness (QED) is 0.699. The van der Waals surface area contributed by atoms with Gasteiger partial charge in [-0.05, 0) is 55.4 Å². The second-order valence-corrected chi connectivity index (χ2v) is 8.07. The summed E-state index contributed by atoms with van der Waals surface area (Å²) >= 11 is 0. The molecule has 1 aliphatic heterocycles. The Morgan fingerprint density at radius 1 is 0.966 bits per heavy atom. The zero-order valence-electron chi connectivity index (χ0n) is 16.3. The molecule has 0 radical (unpaired) electrons. The second kappa shape index (κ2) is 7.83. The van der Waals surface area contributed by atoms with Crippen molar-refractivity contribution in [1.29, 1.82) is 0 Å². The smallest absolute Gasteiger partial charge is 0.222 e. The van der Waals surface area contributed by atoms with Crippen LogP contribution in [0.15, 0.2) is 55.2 Å². The number of pyridine rings is 1. The van der Waals surface area contributed by atoms with Crippen molar-refractivity contribution in [2.75, 3.05) is 22.1 Å². The lowest BCUT2D eigenvalue weighted by Gasteiger charge is -2.21. The van der Waals surface area contributed by atoms with Crippen LogP contribution in [0, 0.1) is 0 Å². The van der Waals surface area contributed by atoms with Crippen LogP contribution < -0.4 is 15.5 Å². The number of aromatic nitrogens is 3. The predicted octanol–water partition coefficient (Wildman–Crippen LogP) is 3.05. The Bertz CT molecular complexity index is 891. The van der Waals surface area contributed by atoms with Crippen molar-refractivity contribution in [3.05, 3.63) is 60.7 Å². The molecule has 29 heavy (non-hydrogen) atoms. The average Bonchev–Trinajstić information content (AvgIpc) is 3.55. The Morgan fingerprint density at radius 2 is 1.83 bits per heavy atom. The molecule has 150 valence electrons. The van der Waals surface area contributed by atoms with Crippen molar-refractivity contribution in [2.24, 2.45) is 0 Å². The lowest BCUT2D eigenvalue weighted by atomic mass is 10.2. The Balaban J connectivity index is 1.16. The van der Waals surface area contributed by atoms with Crippen molar-refractivity contribution >= 4 is 17.5 Å². The number of hydrogen-bond donors (Lipinski definition) is 3. The minimum Gasteiger partial charge on any atom is -0.391 e. The number of aliphatic hydroxyl groups is 1. The molecule has 3 N–H and O–H groups in total. The Morgan fingerprint density at radius 3 is 2.52 bits per heavy atom. The van der Waals surface area contributed by atoms with Gasteiger partial charge in [-0.2, -0.15) is 0 Å². The SMILES string of the molecule is OC1C[C@@H](Nc2ccc(N3C=CC=CC3)cn2)C[C@@H]1Nc1ncc(C2CC2)cn1. The summed E-state index contributed by atoms with van der Waals surface area (Å²) < 4.78 is 0. The first-order chi connectivity index (χ1) is 14.2. The van der Waals surface area contributed by atoms with Gasteiger partial charge in [0.25, 0.3) is 0 Å². The van der Waals surface area contributed by atoms with Gasteiger partial charge in [-0.3, -0.25) is 0 Å². The topological polar surface area (TPSA) is 86.2 Å². The molecule has 3 atom stereocenters. The number of nitrogens with one attached hydrogen (secondary N) is 2. The molecule has 0 saturated heterocycles. The molecule has 3 heterocycles. The zero-order chi connectivity index (χ0) is 19.6. The van der Waals surface area contributed by atoms with Gasteiger partial charge < -0.3 is 20.6 Å². The number of aliphatic hydroxyl groups excluding tert-OH is 1. The Kier molecular flexibility index (Phi) is 4.89. The van der Waals surface area contributed by atoms with E-state index in [0.29, 0.717) is 18.3 Å². The van der Waals surface area contributed by atoms with Crippen LogP contribution in [0.2, 0.25) is 0 Å². The standard InChI is InChI=1S/C22H26N6O/c29-20-11-17(10-19(20)27-22-24-12-16(13-25-22)15-4-5-15)26-21-7-6-18(14-23-21)28-8-2-1-3-9-28/h1-3,6-8,12-15,17,19-20,29H,4-5,9-11H2,(H,23,26)(H,24,25,27)/t17-,19-,20?/m0/s1. The maximum absolute atomic E-state index is 10.5. The van der Waals surface area contributed by atoms with Gasteiger partial charge in [-0.15, -0.1) is 0 Å². The first kappa shape index (κ1) is 18.1. The Hall–Kier alpha value is -2.93.